The van der Waals surface area contributed by atoms with Gasteiger partial charge in [-0.15, -0.1) is 0 Å². The molecule has 1 heterocycles. The fourth-order valence-corrected chi connectivity index (χ4v) is 5.62. The van der Waals surface area contributed by atoms with Crippen molar-refractivity contribution in [3.05, 3.63) is 65.2 Å². The van der Waals surface area contributed by atoms with Crippen LogP contribution in [0.1, 0.15) is 60.0 Å². The van der Waals surface area contributed by atoms with Gasteiger partial charge >= 0.3 is 5.97 Å². The highest BCUT2D eigenvalue weighted by Crippen LogP contribution is 2.29. The van der Waals surface area contributed by atoms with Crippen LogP contribution in [-0.2, 0) is 20.8 Å². The first-order valence-corrected chi connectivity index (χ1v) is 13.6. The molecule has 0 radical (unpaired) electrons. The van der Waals surface area contributed by atoms with Crippen molar-refractivity contribution in [2.45, 2.75) is 64.1 Å². The molecule has 1 saturated heterocycles. The van der Waals surface area contributed by atoms with E-state index in [2.05, 4.69) is 5.32 Å². The number of carbonyl (C=O) groups is 4. The van der Waals surface area contributed by atoms with E-state index in [0.717, 1.165) is 43.2 Å². The van der Waals surface area contributed by atoms with E-state index >= 15 is 0 Å². The van der Waals surface area contributed by atoms with Crippen molar-refractivity contribution in [3.8, 4) is 5.75 Å². The number of methoxy groups -OCH3 is 1. The lowest BCUT2D eigenvalue weighted by molar-refractivity contribution is -0.143. The van der Waals surface area contributed by atoms with Gasteiger partial charge in [-0.2, -0.15) is 0 Å². The average molecular weight is 536 g/mol. The van der Waals surface area contributed by atoms with Crippen molar-refractivity contribution in [1.82, 2.24) is 15.1 Å². The fraction of sp³-hybridized carbons (Fsp3) is 0.467. The zero-order valence-corrected chi connectivity index (χ0v) is 22.6. The van der Waals surface area contributed by atoms with E-state index in [-0.39, 0.29) is 43.7 Å². The Balaban J connectivity index is 1.60. The molecule has 4 rings (SSSR count). The van der Waals surface area contributed by atoms with E-state index in [1.807, 2.05) is 25.1 Å². The highest BCUT2D eigenvalue weighted by molar-refractivity contribution is 5.99. The zero-order valence-electron chi connectivity index (χ0n) is 22.6. The second kappa shape index (κ2) is 12.8. The molecule has 0 bridgehead atoms. The Hall–Kier alpha value is -3.88. The van der Waals surface area contributed by atoms with Gasteiger partial charge in [-0.25, -0.2) is 0 Å². The number of ether oxygens (including phenoxy) is 1. The summed E-state index contributed by atoms with van der Waals surface area (Å²) in [5.74, 6) is -1.49. The van der Waals surface area contributed by atoms with Crippen molar-refractivity contribution in [1.29, 1.82) is 0 Å². The summed E-state index contributed by atoms with van der Waals surface area (Å²) in [4.78, 5) is 55.4. The van der Waals surface area contributed by atoms with Crippen molar-refractivity contribution < 1.29 is 29.0 Å². The maximum absolute atomic E-state index is 13.8. The molecule has 2 fully saturated rings. The van der Waals surface area contributed by atoms with Crippen molar-refractivity contribution in [2.24, 2.45) is 5.92 Å². The molecule has 2 aliphatic rings. The number of aryl methyl sites for hydroxylation is 1. The average Bonchev–Trinajstić information content (AvgIpc) is 3.39. The summed E-state index contributed by atoms with van der Waals surface area (Å²) in [7, 11) is 1.55. The maximum Gasteiger partial charge on any atom is 0.305 e. The third-order valence-electron chi connectivity index (χ3n) is 7.72. The van der Waals surface area contributed by atoms with Gasteiger partial charge in [0.1, 0.15) is 5.75 Å². The van der Waals surface area contributed by atoms with Gasteiger partial charge in [-0.05, 0) is 55.5 Å². The summed E-state index contributed by atoms with van der Waals surface area (Å²) in [5.41, 5.74) is 2.16. The Morgan fingerprint density at radius 2 is 1.69 bits per heavy atom. The minimum absolute atomic E-state index is 0.0364. The molecule has 9 heteroatoms. The number of aliphatic carboxylic acids is 1. The lowest BCUT2D eigenvalue weighted by Gasteiger charge is -2.34. The van der Waals surface area contributed by atoms with Crippen molar-refractivity contribution >= 4 is 23.7 Å². The van der Waals surface area contributed by atoms with Gasteiger partial charge in [0.05, 0.1) is 20.0 Å². The number of amides is 3. The third-order valence-corrected chi connectivity index (χ3v) is 7.72. The summed E-state index contributed by atoms with van der Waals surface area (Å²) < 4.78 is 5.27. The van der Waals surface area contributed by atoms with E-state index in [1.165, 1.54) is 9.80 Å². The van der Waals surface area contributed by atoms with Gasteiger partial charge in [0.15, 0.2) is 6.17 Å². The molecule has 1 saturated carbocycles. The van der Waals surface area contributed by atoms with Crippen molar-refractivity contribution in [3.63, 3.8) is 0 Å². The molecule has 2 aromatic rings. The number of carboxylic acid groups (broad SMARTS) is 1. The Morgan fingerprint density at radius 3 is 2.36 bits per heavy atom. The molecule has 39 heavy (non-hydrogen) atoms. The fourth-order valence-electron chi connectivity index (χ4n) is 5.62. The Labute approximate surface area is 229 Å². The Kier molecular flexibility index (Phi) is 9.22. The Morgan fingerprint density at radius 1 is 1.00 bits per heavy atom. The molecule has 2 atom stereocenters. The lowest BCUT2D eigenvalue weighted by atomic mass is 9.82. The predicted molar refractivity (Wildman–Crippen MR) is 145 cm³/mol. The van der Waals surface area contributed by atoms with Crippen LogP contribution in [0, 0.1) is 12.8 Å². The minimum Gasteiger partial charge on any atom is -0.497 e. The molecule has 1 aliphatic carbocycles. The van der Waals surface area contributed by atoms with Gasteiger partial charge in [0.25, 0.3) is 11.8 Å². The van der Waals surface area contributed by atoms with Crippen LogP contribution in [0.15, 0.2) is 48.5 Å². The van der Waals surface area contributed by atoms with E-state index < -0.39 is 24.1 Å². The van der Waals surface area contributed by atoms with Gasteiger partial charge < -0.3 is 25.0 Å². The molecule has 0 aromatic heterocycles. The van der Waals surface area contributed by atoms with Crippen LogP contribution in [0.5, 0.6) is 5.75 Å². The predicted octanol–water partition coefficient (Wildman–Crippen LogP) is 3.40. The van der Waals surface area contributed by atoms with Crippen LogP contribution >= 0.6 is 0 Å². The number of benzene rings is 2. The summed E-state index contributed by atoms with van der Waals surface area (Å²) in [6, 6.07) is 13.7. The van der Waals surface area contributed by atoms with Crippen LogP contribution in [0.3, 0.4) is 0 Å². The first-order chi connectivity index (χ1) is 18.8. The molecule has 9 nitrogen and oxygen atoms in total. The van der Waals surface area contributed by atoms with Gasteiger partial charge in [0, 0.05) is 24.7 Å². The number of nitrogens with zero attached hydrogens (tertiary/aromatic N) is 2. The van der Waals surface area contributed by atoms with Crippen LogP contribution in [-0.4, -0.2) is 71.0 Å². The van der Waals surface area contributed by atoms with Gasteiger partial charge in [-0.3, -0.25) is 19.2 Å². The highest BCUT2D eigenvalue weighted by Gasteiger charge is 2.44. The molecule has 1 aliphatic heterocycles. The van der Waals surface area contributed by atoms with Crippen LogP contribution in [0.4, 0.5) is 0 Å². The number of hydrogen-bond donors (Lipinski definition) is 2. The summed E-state index contributed by atoms with van der Waals surface area (Å²) >= 11 is 0. The molecule has 0 spiro atoms. The molecule has 2 N–H and O–H groups in total. The smallest absolute Gasteiger partial charge is 0.305 e. The summed E-state index contributed by atoms with van der Waals surface area (Å²) in [6.45, 7) is 2.32. The topological polar surface area (TPSA) is 116 Å². The van der Waals surface area contributed by atoms with Crippen LogP contribution in [0.25, 0.3) is 0 Å². The zero-order chi connectivity index (χ0) is 27.9. The standard InChI is InChI=1S/C30H37N3O6/c1-20-11-13-23(14-12-20)30(38)33-16-15-32(26(34)18-21-7-6-10-24(17-21)39-2)29(33)28(37)31-25(19-27(35)36)22-8-4-3-5-9-22/h6-7,10-14,17,22,25,29H,3-5,8-9,15-16,18-19H2,1-2H3,(H,31,37)(H,35,36). The molecular weight excluding hydrogens is 498 g/mol. The molecule has 2 unspecified atom stereocenters. The molecule has 2 aromatic carbocycles. The minimum atomic E-state index is -1.17. The first-order valence-electron chi connectivity index (χ1n) is 13.6. The molecule has 208 valence electrons. The number of nitrogens with one attached hydrogen (secondary N) is 1. The van der Waals surface area contributed by atoms with Crippen molar-refractivity contribution in [2.75, 3.05) is 20.2 Å². The van der Waals surface area contributed by atoms with E-state index in [4.69, 9.17) is 4.74 Å². The van der Waals surface area contributed by atoms with E-state index in [9.17, 15) is 24.3 Å². The number of carboxylic acids is 1. The number of carbonyl (C=O) groups excluding carboxylic acids is 3. The number of hydrogen-bond acceptors (Lipinski definition) is 5. The van der Waals surface area contributed by atoms with Crippen LogP contribution < -0.4 is 10.1 Å². The van der Waals surface area contributed by atoms with Gasteiger partial charge in [0.2, 0.25) is 5.91 Å². The second-order valence-electron chi connectivity index (χ2n) is 10.5. The second-order valence-corrected chi connectivity index (χ2v) is 10.5. The monoisotopic (exact) mass is 535 g/mol. The van der Waals surface area contributed by atoms with E-state index in [1.54, 1.807) is 37.4 Å². The third kappa shape index (κ3) is 6.96. The SMILES string of the molecule is COc1cccc(CC(=O)N2CCN(C(=O)c3ccc(C)cc3)C2C(=O)NC(CC(=O)O)C2CCCCC2)c1. The van der Waals surface area contributed by atoms with E-state index in [0.29, 0.717) is 11.3 Å². The lowest BCUT2D eigenvalue weighted by Crippen LogP contribution is -2.57. The first kappa shape index (κ1) is 28.1. The maximum atomic E-state index is 13.8. The molecule has 3 amide bonds. The summed E-state index contributed by atoms with van der Waals surface area (Å²) in [5, 5.41) is 12.5. The van der Waals surface area contributed by atoms with Gasteiger partial charge in [-0.1, -0.05) is 49.1 Å². The Bertz CT molecular complexity index is 1190. The number of rotatable bonds is 9. The molecular formula is C30H37N3O6. The quantitative estimate of drug-likeness (QED) is 0.509. The highest BCUT2D eigenvalue weighted by atomic mass is 16.5. The largest absolute Gasteiger partial charge is 0.497 e. The normalized spacial score (nSPS) is 18.5. The van der Waals surface area contributed by atoms with Crippen LogP contribution in [0.2, 0.25) is 0 Å². The summed E-state index contributed by atoms with van der Waals surface area (Å²) in [6.07, 6.45) is 3.42.